The third-order valence-electron chi connectivity index (χ3n) is 3.18. The van der Waals surface area contributed by atoms with Crippen LogP contribution in [0.4, 0.5) is 11.5 Å². The predicted molar refractivity (Wildman–Crippen MR) is 78.3 cm³/mol. The van der Waals surface area contributed by atoms with Crippen LogP contribution in [0, 0.1) is 10.1 Å². The maximum Gasteiger partial charge on any atom is 0.288 e. The minimum atomic E-state index is -0.543. The molecule has 1 aromatic heterocycles. The molecule has 0 spiro atoms. The van der Waals surface area contributed by atoms with Crippen molar-refractivity contribution in [2.24, 2.45) is 0 Å². The number of nitro groups is 1. The van der Waals surface area contributed by atoms with Crippen molar-refractivity contribution in [1.29, 1.82) is 0 Å². The summed E-state index contributed by atoms with van der Waals surface area (Å²) in [5, 5.41) is 13.6. The average Bonchev–Trinajstić information content (AvgIpc) is 2.46. The van der Waals surface area contributed by atoms with Crippen LogP contribution in [0.1, 0.15) is 17.3 Å². The van der Waals surface area contributed by atoms with Crippen LogP contribution in [0.2, 0.25) is 0 Å². The third-order valence-corrected chi connectivity index (χ3v) is 4.37. The summed E-state index contributed by atoms with van der Waals surface area (Å²) in [7, 11) is 1.64. The van der Waals surface area contributed by atoms with E-state index in [4.69, 9.17) is 0 Å². The Morgan fingerprint density at radius 3 is 3.00 bits per heavy atom. The molecule has 1 unspecified atom stereocenters. The van der Waals surface area contributed by atoms with E-state index in [1.165, 1.54) is 6.07 Å². The van der Waals surface area contributed by atoms with Gasteiger partial charge in [-0.1, -0.05) is 0 Å². The molecule has 0 aromatic carbocycles. The summed E-state index contributed by atoms with van der Waals surface area (Å²) in [5.74, 6) is 1.92. The highest BCUT2D eigenvalue weighted by Gasteiger charge is 2.27. The number of rotatable bonds is 3. The lowest BCUT2D eigenvalue weighted by molar-refractivity contribution is -0.385. The standard InChI is InChI=1S/C12H16N4O3S/c1-8-7-20-4-3-15(8)12(17)10-5-9(16(18)19)6-14-11(10)13-2/h5-6,8H,3-4,7H2,1-2H3,(H,13,14). The van der Waals surface area contributed by atoms with Gasteiger partial charge in [0.25, 0.3) is 11.6 Å². The SMILES string of the molecule is CNc1ncc([N+](=O)[O-])cc1C(=O)N1CCSCC1C. The molecule has 1 aromatic rings. The first-order valence-electron chi connectivity index (χ1n) is 6.25. The number of carbonyl (C=O) groups excluding carboxylic acids is 1. The van der Waals surface area contributed by atoms with Gasteiger partial charge in [0.1, 0.15) is 12.0 Å². The van der Waals surface area contributed by atoms with Crippen molar-refractivity contribution in [2.45, 2.75) is 13.0 Å². The summed E-state index contributed by atoms with van der Waals surface area (Å²) in [6.07, 6.45) is 1.15. The van der Waals surface area contributed by atoms with E-state index in [1.54, 1.807) is 23.7 Å². The first-order valence-corrected chi connectivity index (χ1v) is 7.41. The largest absolute Gasteiger partial charge is 0.372 e. The Hall–Kier alpha value is -1.83. The molecule has 1 N–H and O–H groups in total. The summed E-state index contributed by atoms with van der Waals surface area (Å²) >= 11 is 1.80. The molecule has 108 valence electrons. The molecular formula is C12H16N4O3S. The lowest BCUT2D eigenvalue weighted by Gasteiger charge is -2.33. The molecule has 20 heavy (non-hydrogen) atoms. The second-order valence-electron chi connectivity index (χ2n) is 4.52. The summed E-state index contributed by atoms with van der Waals surface area (Å²) < 4.78 is 0. The molecule has 1 fully saturated rings. The van der Waals surface area contributed by atoms with Gasteiger partial charge in [-0.25, -0.2) is 4.98 Å². The van der Waals surface area contributed by atoms with Crippen molar-refractivity contribution in [3.05, 3.63) is 27.9 Å². The number of hydrogen-bond donors (Lipinski definition) is 1. The van der Waals surface area contributed by atoms with Crippen molar-refractivity contribution in [1.82, 2.24) is 9.88 Å². The smallest absolute Gasteiger partial charge is 0.288 e. The van der Waals surface area contributed by atoms with E-state index in [2.05, 4.69) is 10.3 Å². The molecular weight excluding hydrogens is 280 g/mol. The average molecular weight is 296 g/mol. The van der Waals surface area contributed by atoms with E-state index >= 15 is 0 Å². The van der Waals surface area contributed by atoms with Crippen molar-refractivity contribution in [3.8, 4) is 0 Å². The predicted octanol–water partition coefficient (Wildman–Crippen LogP) is 1.61. The molecule has 1 saturated heterocycles. The van der Waals surface area contributed by atoms with Gasteiger partial charge in [-0.15, -0.1) is 0 Å². The van der Waals surface area contributed by atoms with Crippen LogP contribution in [0.25, 0.3) is 0 Å². The molecule has 7 nitrogen and oxygen atoms in total. The van der Waals surface area contributed by atoms with E-state index < -0.39 is 4.92 Å². The highest BCUT2D eigenvalue weighted by atomic mass is 32.2. The minimum absolute atomic E-state index is 0.116. The van der Waals surface area contributed by atoms with Crippen molar-refractivity contribution >= 4 is 29.2 Å². The highest BCUT2D eigenvalue weighted by Crippen LogP contribution is 2.24. The highest BCUT2D eigenvalue weighted by molar-refractivity contribution is 7.99. The molecule has 1 atom stereocenters. The lowest BCUT2D eigenvalue weighted by Crippen LogP contribution is -2.44. The van der Waals surface area contributed by atoms with Gasteiger partial charge in [0.05, 0.1) is 10.5 Å². The van der Waals surface area contributed by atoms with Gasteiger partial charge in [0.15, 0.2) is 0 Å². The van der Waals surface area contributed by atoms with Crippen molar-refractivity contribution in [2.75, 3.05) is 30.4 Å². The molecule has 2 heterocycles. The summed E-state index contributed by atoms with van der Waals surface area (Å²) in [4.78, 5) is 28.6. The minimum Gasteiger partial charge on any atom is -0.372 e. The fourth-order valence-electron chi connectivity index (χ4n) is 2.10. The van der Waals surface area contributed by atoms with Gasteiger partial charge >= 0.3 is 0 Å². The Kier molecular flexibility index (Phi) is 4.43. The quantitative estimate of drug-likeness (QED) is 0.673. The van der Waals surface area contributed by atoms with Gasteiger partial charge in [-0.2, -0.15) is 11.8 Å². The molecule has 1 aliphatic heterocycles. The van der Waals surface area contributed by atoms with Crippen LogP contribution in [-0.4, -0.2) is 51.9 Å². The van der Waals surface area contributed by atoms with Crippen LogP contribution in [0.15, 0.2) is 12.3 Å². The number of anilines is 1. The molecule has 0 radical (unpaired) electrons. The van der Waals surface area contributed by atoms with Gasteiger partial charge < -0.3 is 10.2 Å². The van der Waals surface area contributed by atoms with Crippen molar-refractivity contribution in [3.63, 3.8) is 0 Å². The molecule has 0 bridgehead atoms. The second-order valence-corrected chi connectivity index (χ2v) is 5.67. The van der Waals surface area contributed by atoms with E-state index in [1.807, 2.05) is 6.92 Å². The van der Waals surface area contributed by atoms with Crippen LogP contribution < -0.4 is 5.32 Å². The Morgan fingerprint density at radius 1 is 1.65 bits per heavy atom. The van der Waals surface area contributed by atoms with Gasteiger partial charge in [-0.3, -0.25) is 14.9 Å². The van der Waals surface area contributed by atoms with E-state index in [0.29, 0.717) is 12.4 Å². The van der Waals surface area contributed by atoms with E-state index in [9.17, 15) is 14.9 Å². The Labute approximate surface area is 120 Å². The van der Waals surface area contributed by atoms with Crippen LogP contribution in [0.5, 0.6) is 0 Å². The molecule has 2 rings (SSSR count). The van der Waals surface area contributed by atoms with E-state index in [0.717, 1.165) is 17.7 Å². The number of nitrogens with one attached hydrogen (secondary N) is 1. The first-order chi connectivity index (χ1) is 9.54. The summed E-state index contributed by atoms with van der Waals surface area (Å²) in [6, 6.07) is 1.40. The topological polar surface area (TPSA) is 88.4 Å². The Morgan fingerprint density at radius 2 is 2.40 bits per heavy atom. The lowest BCUT2D eigenvalue weighted by atomic mass is 10.1. The number of carbonyl (C=O) groups is 1. The normalized spacial score (nSPS) is 18.7. The summed E-state index contributed by atoms with van der Waals surface area (Å²) in [5.41, 5.74) is 0.0758. The summed E-state index contributed by atoms with van der Waals surface area (Å²) in [6.45, 7) is 2.63. The first kappa shape index (κ1) is 14.6. The molecule has 1 amide bonds. The number of nitrogens with zero attached hydrogens (tertiary/aromatic N) is 3. The maximum atomic E-state index is 12.6. The number of amides is 1. The zero-order valence-electron chi connectivity index (χ0n) is 11.3. The Balaban J connectivity index is 2.36. The van der Waals surface area contributed by atoms with Gasteiger partial charge in [-0.05, 0) is 6.92 Å². The van der Waals surface area contributed by atoms with E-state index in [-0.39, 0.29) is 23.2 Å². The zero-order valence-corrected chi connectivity index (χ0v) is 12.1. The number of hydrogen-bond acceptors (Lipinski definition) is 6. The monoisotopic (exact) mass is 296 g/mol. The fraction of sp³-hybridized carbons (Fsp3) is 0.500. The Bertz CT molecular complexity index is 537. The van der Waals surface area contributed by atoms with Gasteiger partial charge in [0.2, 0.25) is 0 Å². The zero-order chi connectivity index (χ0) is 14.7. The molecule has 0 aliphatic carbocycles. The number of thioether (sulfide) groups is 1. The van der Waals surface area contributed by atoms with Crippen molar-refractivity contribution < 1.29 is 9.72 Å². The third kappa shape index (κ3) is 2.84. The number of pyridine rings is 1. The fourth-order valence-corrected chi connectivity index (χ4v) is 3.11. The maximum absolute atomic E-state index is 12.6. The molecule has 1 aliphatic rings. The number of aromatic nitrogens is 1. The second kappa shape index (κ2) is 6.08. The van der Waals surface area contributed by atoms with Crippen LogP contribution in [0.3, 0.4) is 0 Å². The molecule has 8 heteroatoms. The van der Waals surface area contributed by atoms with Gasteiger partial charge in [0, 0.05) is 37.2 Å². The van der Waals surface area contributed by atoms with Crippen LogP contribution >= 0.6 is 11.8 Å². The molecule has 0 saturated carbocycles. The van der Waals surface area contributed by atoms with Crippen LogP contribution in [-0.2, 0) is 0 Å².